The van der Waals surface area contributed by atoms with Gasteiger partial charge in [-0.15, -0.1) is 0 Å². The summed E-state index contributed by atoms with van der Waals surface area (Å²) in [6, 6.07) is 14.9. The van der Waals surface area contributed by atoms with Gasteiger partial charge in [-0.25, -0.2) is 9.97 Å². The number of amides is 1. The van der Waals surface area contributed by atoms with Crippen LogP contribution in [0.25, 0.3) is 17.0 Å². The minimum atomic E-state index is -0.537. The smallest absolute Gasteiger partial charge is 0.245 e. The lowest BCUT2D eigenvalue weighted by molar-refractivity contribution is -0.123. The summed E-state index contributed by atoms with van der Waals surface area (Å²) in [5, 5.41) is 25.3. The van der Waals surface area contributed by atoms with E-state index in [9.17, 15) is 9.90 Å². The monoisotopic (exact) mass is 471 g/mol. The van der Waals surface area contributed by atoms with Gasteiger partial charge in [-0.2, -0.15) is 0 Å². The van der Waals surface area contributed by atoms with Gasteiger partial charge in [-0.05, 0) is 55.0 Å². The van der Waals surface area contributed by atoms with Crippen molar-refractivity contribution in [2.24, 2.45) is 0 Å². The Balaban J connectivity index is 1.54. The number of pyridine rings is 1. The van der Waals surface area contributed by atoms with Gasteiger partial charge >= 0.3 is 0 Å². The molecule has 0 aliphatic carbocycles. The van der Waals surface area contributed by atoms with Crippen molar-refractivity contribution >= 4 is 34.4 Å². The van der Waals surface area contributed by atoms with Crippen molar-refractivity contribution in [2.45, 2.75) is 13.5 Å². The van der Waals surface area contributed by atoms with Gasteiger partial charge in [0.2, 0.25) is 5.91 Å². The van der Waals surface area contributed by atoms with Crippen LogP contribution < -0.4 is 15.4 Å². The third-order valence-corrected chi connectivity index (χ3v) is 5.14. The Morgan fingerprint density at radius 3 is 2.71 bits per heavy atom. The van der Waals surface area contributed by atoms with E-state index in [2.05, 4.69) is 25.6 Å². The summed E-state index contributed by atoms with van der Waals surface area (Å²) in [6.07, 6.45) is 6.78. The molecule has 0 aliphatic heterocycles. The number of rotatable bonds is 9. The molecule has 4 rings (SSSR count). The molecule has 35 heavy (non-hydrogen) atoms. The van der Waals surface area contributed by atoms with Crippen molar-refractivity contribution < 1.29 is 19.7 Å². The highest BCUT2D eigenvalue weighted by Crippen LogP contribution is 2.30. The van der Waals surface area contributed by atoms with Crippen molar-refractivity contribution in [2.75, 3.05) is 18.5 Å². The molecule has 0 spiro atoms. The average molecular weight is 472 g/mol. The summed E-state index contributed by atoms with van der Waals surface area (Å²) in [7, 11) is 0. The predicted molar refractivity (Wildman–Crippen MR) is 133 cm³/mol. The SMILES string of the molecule is Cc1ccc(Oc2ccc(Nc3ncnc4ccc(C=CCNC(=O)CO)cc34)cc2CO)cn1. The Labute approximate surface area is 202 Å². The lowest BCUT2D eigenvalue weighted by Crippen LogP contribution is -2.25. The number of carbonyl (C=O) groups is 1. The van der Waals surface area contributed by atoms with E-state index in [-0.39, 0.29) is 6.61 Å². The number of nitrogens with one attached hydrogen (secondary N) is 2. The van der Waals surface area contributed by atoms with Gasteiger partial charge in [0, 0.05) is 28.9 Å². The van der Waals surface area contributed by atoms with Crippen molar-refractivity contribution in [3.63, 3.8) is 0 Å². The molecule has 0 radical (unpaired) electrons. The van der Waals surface area contributed by atoms with Gasteiger partial charge < -0.3 is 25.6 Å². The highest BCUT2D eigenvalue weighted by atomic mass is 16.5. The van der Waals surface area contributed by atoms with Gasteiger partial charge in [0.05, 0.1) is 18.3 Å². The van der Waals surface area contributed by atoms with Crippen LogP contribution in [0.1, 0.15) is 16.8 Å². The molecule has 0 bridgehead atoms. The van der Waals surface area contributed by atoms with Crippen LogP contribution >= 0.6 is 0 Å². The fourth-order valence-electron chi connectivity index (χ4n) is 3.36. The number of aromatic nitrogens is 3. The third kappa shape index (κ3) is 6.17. The lowest BCUT2D eigenvalue weighted by Gasteiger charge is -2.13. The Bertz CT molecular complexity index is 1360. The zero-order chi connectivity index (χ0) is 24.6. The Kier molecular flexibility index (Phi) is 7.61. The lowest BCUT2D eigenvalue weighted by atomic mass is 10.1. The number of fused-ring (bicyclic) bond motifs is 1. The number of aliphatic hydroxyl groups excluding tert-OH is 2. The molecule has 9 nitrogen and oxygen atoms in total. The van der Waals surface area contributed by atoms with Crippen LogP contribution in [0.4, 0.5) is 11.5 Å². The summed E-state index contributed by atoms with van der Waals surface area (Å²) < 4.78 is 5.89. The van der Waals surface area contributed by atoms with Crippen LogP contribution in [-0.2, 0) is 11.4 Å². The van der Waals surface area contributed by atoms with E-state index < -0.39 is 12.5 Å². The van der Waals surface area contributed by atoms with Crippen molar-refractivity contribution in [3.05, 3.63) is 84.0 Å². The molecule has 2 aromatic heterocycles. The normalized spacial score (nSPS) is 11.1. The molecular weight excluding hydrogens is 446 g/mol. The summed E-state index contributed by atoms with van der Waals surface area (Å²) in [5.74, 6) is 1.31. The molecule has 0 saturated carbocycles. The van der Waals surface area contributed by atoms with E-state index in [1.807, 2.05) is 49.4 Å². The first-order valence-electron chi connectivity index (χ1n) is 11.0. The number of carbonyl (C=O) groups excluding carboxylic acids is 1. The number of hydrogen-bond donors (Lipinski definition) is 4. The molecule has 9 heteroatoms. The number of aliphatic hydroxyl groups is 2. The average Bonchev–Trinajstić information content (AvgIpc) is 2.88. The summed E-state index contributed by atoms with van der Waals surface area (Å²) in [4.78, 5) is 24.1. The molecule has 178 valence electrons. The summed E-state index contributed by atoms with van der Waals surface area (Å²) >= 11 is 0. The van der Waals surface area contributed by atoms with E-state index in [1.54, 1.807) is 24.4 Å². The van der Waals surface area contributed by atoms with Crippen LogP contribution in [0, 0.1) is 6.92 Å². The first kappa shape index (κ1) is 23.8. The zero-order valence-corrected chi connectivity index (χ0v) is 19.1. The van der Waals surface area contributed by atoms with Crippen LogP contribution in [0.3, 0.4) is 0 Å². The van der Waals surface area contributed by atoms with Gasteiger partial charge in [-0.3, -0.25) is 9.78 Å². The van der Waals surface area contributed by atoms with Gasteiger partial charge in [0.15, 0.2) is 0 Å². The standard InChI is InChI=1S/C26H25N5O4/c1-17-4-7-21(13-28-17)35-24-9-6-20(12-19(24)14-32)31-26-22-11-18(3-2-10-27-25(34)15-33)5-8-23(22)29-16-30-26/h2-9,11-13,16,32-33H,10,14-15H2,1H3,(H,27,34)(H,29,30,31). The van der Waals surface area contributed by atoms with E-state index in [0.29, 0.717) is 29.4 Å². The van der Waals surface area contributed by atoms with Crippen molar-refractivity contribution in [1.82, 2.24) is 20.3 Å². The maximum atomic E-state index is 11.1. The second kappa shape index (κ2) is 11.2. The van der Waals surface area contributed by atoms with E-state index in [1.165, 1.54) is 6.33 Å². The molecule has 0 aliphatic rings. The van der Waals surface area contributed by atoms with E-state index in [0.717, 1.165) is 27.8 Å². The fraction of sp³-hybridized carbons (Fsp3) is 0.154. The topological polar surface area (TPSA) is 129 Å². The molecule has 0 atom stereocenters. The third-order valence-electron chi connectivity index (χ3n) is 5.14. The summed E-state index contributed by atoms with van der Waals surface area (Å²) in [6.45, 7) is 1.48. The maximum Gasteiger partial charge on any atom is 0.245 e. The van der Waals surface area contributed by atoms with Crippen LogP contribution in [-0.4, -0.2) is 44.2 Å². The Hall–Kier alpha value is -4.34. The van der Waals surface area contributed by atoms with Crippen molar-refractivity contribution in [3.8, 4) is 11.5 Å². The van der Waals surface area contributed by atoms with E-state index >= 15 is 0 Å². The number of benzene rings is 2. The zero-order valence-electron chi connectivity index (χ0n) is 19.1. The first-order valence-corrected chi connectivity index (χ1v) is 11.0. The molecule has 2 aromatic carbocycles. The van der Waals surface area contributed by atoms with Crippen molar-refractivity contribution in [1.29, 1.82) is 0 Å². The summed E-state index contributed by atoms with van der Waals surface area (Å²) in [5.41, 5.74) is 3.91. The molecule has 4 aromatic rings. The largest absolute Gasteiger partial charge is 0.455 e. The highest BCUT2D eigenvalue weighted by molar-refractivity contribution is 5.92. The molecular formula is C26H25N5O4. The minimum Gasteiger partial charge on any atom is -0.455 e. The number of anilines is 2. The second-order valence-corrected chi connectivity index (χ2v) is 7.71. The molecule has 2 heterocycles. The molecule has 0 saturated heterocycles. The number of nitrogens with zero attached hydrogens (tertiary/aromatic N) is 3. The van der Waals surface area contributed by atoms with E-state index in [4.69, 9.17) is 9.84 Å². The second-order valence-electron chi connectivity index (χ2n) is 7.71. The molecule has 0 unspecified atom stereocenters. The van der Waals surface area contributed by atoms with Gasteiger partial charge in [0.1, 0.15) is 30.3 Å². The van der Waals surface area contributed by atoms with Crippen LogP contribution in [0.5, 0.6) is 11.5 Å². The van der Waals surface area contributed by atoms with Gasteiger partial charge in [0.25, 0.3) is 0 Å². The predicted octanol–water partition coefficient (Wildman–Crippen LogP) is 3.48. The minimum absolute atomic E-state index is 0.198. The van der Waals surface area contributed by atoms with Crippen LogP contribution in [0.15, 0.2) is 67.1 Å². The Morgan fingerprint density at radius 1 is 1.06 bits per heavy atom. The number of aryl methyl sites for hydroxylation is 1. The number of ether oxygens (including phenoxy) is 1. The Morgan fingerprint density at radius 2 is 1.94 bits per heavy atom. The molecule has 0 fully saturated rings. The first-order chi connectivity index (χ1) is 17.1. The molecule has 4 N–H and O–H groups in total. The fourth-order valence-corrected chi connectivity index (χ4v) is 3.36. The van der Waals surface area contributed by atoms with Crippen LogP contribution in [0.2, 0.25) is 0 Å². The number of hydrogen-bond acceptors (Lipinski definition) is 8. The highest BCUT2D eigenvalue weighted by Gasteiger charge is 2.09. The molecule has 1 amide bonds. The quantitative estimate of drug-likeness (QED) is 0.292. The maximum absolute atomic E-state index is 11.1. The van der Waals surface area contributed by atoms with Gasteiger partial charge in [-0.1, -0.05) is 18.2 Å².